The molecule has 0 aliphatic carbocycles. The van der Waals surface area contributed by atoms with Crippen LogP contribution in [0.15, 0.2) is 36.5 Å². The lowest BCUT2D eigenvalue weighted by Gasteiger charge is -2.33. The first-order valence-corrected chi connectivity index (χ1v) is 8.33. The maximum Gasteiger partial charge on any atom is 0.315 e. The molecule has 1 aromatic carbocycles. The molecule has 0 saturated carbocycles. The van der Waals surface area contributed by atoms with Crippen LogP contribution < -0.4 is 10.6 Å². The SMILES string of the molecule is CC(C)C(O)C(C)(C)CNC(=O)NCc1cccc2cccnc12. The number of aromatic nitrogens is 1. The summed E-state index contributed by atoms with van der Waals surface area (Å²) in [6.45, 7) is 8.67. The molecule has 2 rings (SSSR count). The van der Waals surface area contributed by atoms with Gasteiger partial charge < -0.3 is 15.7 Å². The predicted octanol–water partition coefficient (Wildman–Crippen LogP) is 3.08. The molecule has 0 aliphatic heterocycles. The topological polar surface area (TPSA) is 74.2 Å². The molecule has 2 aromatic rings. The zero-order valence-corrected chi connectivity index (χ0v) is 14.8. The van der Waals surface area contributed by atoms with E-state index in [9.17, 15) is 9.90 Å². The van der Waals surface area contributed by atoms with Crippen LogP contribution in [0.1, 0.15) is 33.3 Å². The molecule has 130 valence electrons. The summed E-state index contributed by atoms with van der Waals surface area (Å²) in [5.74, 6) is 0.145. The minimum atomic E-state index is -0.472. The molecular weight excluding hydrogens is 302 g/mol. The van der Waals surface area contributed by atoms with Crippen molar-refractivity contribution in [1.82, 2.24) is 15.6 Å². The Kier molecular flexibility index (Phi) is 5.78. The Morgan fingerprint density at radius 2 is 1.92 bits per heavy atom. The number of fused-ring (bicyclic) bond motifs is 1. The highest BCUT2D eigenvalue weighted by Crippen LogP contribution is 2.25. The van der Waals surface area contributed by atoms with Gasteiger partial charge >= 0.3 is 6.03 Å². The Morgan fingerprint density at radius 1 is 1.21 bits per heavy atom. The molecule has 1 unspecified atom stereocenters. The molecule has 0 fully saturated rings. The molecule has 24 heavy (non-hydrogen) atoms. The van der Waals surface area contributed by atoms with E-state index in [4.69, 9.17) is 0 Å². The van der Waals surface area contributed by atoms with E-state index in [1.807, 2.05) is 58.0 Å². The van der Waals surface area contributed by atoms with Gasteiger partial charge in [-0.15, -0.1) is 0 Å². The van der Waals surface area contributed by atoms with Crippen LogP contribution in [0.5, 0.6) is 0 Å². The third kappa shape index (κ3) is 4.45. The number of hydrogen-bond acceptors (Lipinski definition) is 3. The summed E-state index contributed by atoms with van der Waals surface area (Å²) in [7, 11) is 0. The molecule has 5 heteroatoms. The number of benzene rings is 1. The predicted molar refractivity (Wildman–Crippen MR) is 96.6 cm³/mol. The average Bonchev–Trinajstić information content (AvgIpc) is 2.57. The van der Waals surface area contributed by atoms with Crippen LogP contribution in [0.25, 0.3) is 10.9 Å². The van der Waals surface area contributed by atoms with Crippen LogP contribution in [0.3, 0.4) is 0 Å². The molecule has 2 amide bonds. The number of hydrogen-bond donors (Lipinski definition) is 3. The second kappa shape index (κ2) is 7.62. The summed E-state index contributed by atoms with van der Waals surface area (Å²) in [5.41, 5.74) is 1.49. The van der Waals surface area contributed by atoms with Gasteiger partial charge in [-0.25, -0.2) is 4.79 Å². The van der Waals surface area contributed by atoms with Crippen LogP contribution in [0, 0.1) is 11.3 Å². The Labute approximate surface area is 143 Å². The summed E-state index contributed by atoms with van der Waals surface area (Å²) in [4.78, 5) is 16.4. The highest BCUT2D eigenvalue weighted by atomic mass is 16.3. The lowest BCUT2D eigenvalue weighted by atomic mass is 9.81. The average molecular weight is 329 g/mol. The van der Waals surface area contributed by atoms with Crippen LogP contribution in [0.2, 0.25) is 0 Å². The number of amides is 2. The molecule has 0 radical (unpaired) electrons. The van der Waals surface area contributed by atoms with Crippen molar-refractivity contribution in [2.75, 3.05) is 6.54 Å². The number of aliphatic hydroxyl groups excluding tert-OH is 1. The largest absolute Gasteiger partial charge is 0.392 e. The Balaban J connectivity index is 1.91. The van der Waals surface area contributed by atoms with E-state index >= 15 is 0 Å². The number of nitrogens with zero attached hydrogens (tertiary/aromatic N) is 1. The molecule has 0 saturated heterocycles. The van der Waals surface area contributed by atoms with Crippen LogP contribution in [-0.4, -0.2) is 28.8 Å². The van der Waals surface area contributed by atoms with E-state index in [1.54, 1.807) is 6.20 Å². The van der Waals surface area contributed by atoms with Crippen molar-refractivity contribution in [3.8, 4) is 0 Å². The number of para-hydroxylation sites is 1. The van der Waals surface area contributed by atoms with E-state index in [2.05, 4.69) is 15.6 Å². The van der Waals surface area contributed by atoms with Crippen molar-refractivity contribution < 1.29 is 9.90 Å². The normalized spacial score (nSPS) is 13.1. The number of carbonyl (C=O) groups excluding carboxylic acids is 1. The molecule has 0 aliphatic rings. The highest BCUT2D eigenvalue weighted by Gasteiger charge is 2.30. The molecule has 0 bridgehead atoms. The highest BCUT2D eigenvalue weighted by molar-refractivity contribution is 5.82. The molecule has 1 heterocycles. The number of pyridine rings is 1. The van der Waals surface area contributed by atoms with Gasteiger partial charge in [0.15, 0.2) is 0 Å². The van der Waals surface area contributed by atoms with Gasteiger partial charge in [-0.2, -0.15) is 0 Å². The van der Waals surface area contributed by atoms with Crippen molar-refractivity contribution in [3.05, 3.63) is 42.1 Å². The molecule has 0 spiro atoms. The van der Waals surface area contributed by atoms with Gasteiger partial charge in [-0.05, 0) is 17.5 Å². The van der Waals surface area contributed by atoms with Crippen LogP contribution >= 0.6 is 0 Å². The van der Waals surface area contributed by atoms with E-state index in [0.29, 0.717) is 13.1 Å². The third-order valence-electron chi connectivity index (χ3n) is 4.29. The van der Waals surface area contributed by atoms with Gasteiger partial charge in [0, 0.05) is 30.1 Å². The zero-order valence-electron chi connectivity index (χ0n) is 14.8. The second-order valence-corrected chi connectivity index (χ2v) is 7.21. The minimum Gasteiger partial charge on any atom is -0.392 e. The summed E-state index contributed by atoms with van der Waals surface area (Å²) in [6, 6.07) is 9.58. The maximum absolute atomic E-state index is 12.1. The quantitative estimate of drug-likeness (QED) is 0.762. The first-order chi connectivity index (χ1) is 11.3. The van der Waals surface area contributed by atoms with Gasteiger partial charge in [0.05, 0.1) is 11.6 Å². The van der Waals surface area contributed by atoms with E-state index in [0.717, 1.165) is 16.5 Å². The summed E-state index contributed by atoms with van der Waals surface area (Å²) in [5, 5.41) is 17.0. The van der Waals surface area contributed by atoms with Crippen LogP contribution in [0.4, 0.5) is 4.79 Å². The van der Waals surface area contributed by atoms with E-state index in [1.165, 1.54) is 0 Å². The summed E-state index contributed by atoms with van der Waals surface area (Å²) < 4.78 is 0. The van der Waals surface area contributed by atoms with Crippen molar-refractivity contribution in [2.24, 2.45) is 11.3 Å². The fraction of sp³-hybridized carbons (Fsp3) is 0.474. The number of urea groups is 1. The zero-order chi connectivity index (χ0) is 17.7. The Hall–Kier alpha value is -2.14. The smallest absolute Gasteiger partial charge is 0.315 e. The lowest BCUT2D eigenvalue weighted by Crippen LogP contribution is -2.46. The van der Waals surface area contributed by atoms with Gasteiger partial charge in [0.2, 0.25) is 0 Å². The molecule has 3 N–H and O–H groups in total. The second-order valence-electron chi connectivity index (χ2n) is 7.21. The minimum absolute atomic E-state index is 0.145. The summed E-state index contributed by atoms with van der Waals surface area (Å²) in [6.07, 6.45) is 1.28. The lowest BCUT2D eigenvalue weighted by molar-refractivity contribution is 0.0151. The van der Waals surface area contributed by atoms with E-state index < -0.39 is 6.10 Å². The third-order valence-corrected chi connectivity index (χ3v) is 4.29. The maximum atomic E-state index is 12.1. The van der Waals surface area contributed by atoms with Crippen molar-refractivity contribution in [2.45, 2.75) is 40.3 Å². The number of rotatable bonds is 6. The fourth-order valence-electron chi connectivity index (χ4n) is 2.86. The van der Waals surface area contributed by atoms with Crippen molar-refractivity contribution >= 4 is 16.9 Å². The molecular formula is C19H27N3O2. The summed E-state index contributed by atoms with van der Waals surface area (Å²) >= 11 is 0. The Morgan fingerprint density at radius 3 is 2.62 bits per heavy atom. The number of aliphatic hydroxyl groups is 1. The number of nitrogens with one attached hydrogen (secondary N) is 2. The van der Waals surface area contributed by atoms with Gasteiger partial charge in [-0.1, -0.05) is 52.0 Å². The Bertz CT molecular complexity index is 693. The molecule has 5 nitrogen and oxygen atoms in total. The number of carbonyl (C=O) groups is 1. The van der Waals surface area contributed by atoms with Crippen molar-refractivity contribution in [3.63, 3.8) is 0 Å². The van der Waals surface area contributed by atoms with Gasteiger partial charge in [0.25, 0.3) is 0 Å². The van der Waals surface area contributed by atoms with Gasteiger partial charge in [-0.3, -0.25) is 4.98 Å². The monoisotopic (exact) mass is 329 g/mol. The standard InChI is InChI=1S/C19H27N3O2/c1-13(2)17(23)19(3,4)12-22-18(24)21-11-15-8-5-7-14-9-6-10-20-16(14)15/h5-10,13,17,23H,11-12H2,1-4H3,(H2,21,22,24). The molecule has 1 aromatic heterocycles. The van der Waals surface area contributed by atoms with E-state index in [-0.39, 0.29) is 17.4 Å². The first-order valence-electron chi connectivity index (χ1n) is 8.33. The first kappa shape index (κ1) is 18.2. The van der Waals surface area contributed by atoms with Gasteiger partial charge in [0.1, 0.15) is 0 Å². The van der Waals surface area contributed by atoms with Crippen molar-refractivity contribution in [1.29, 1.82) is 0 Å². The fourth-order valence-corrected chi connectivity index (χ4v) is 2.86. The van der Waals surface area contributed by atoms with Crippen LogP contribution in [-0.2, 0) is 6.54 Å². The molecule has 1 atom stereocenters.